The zero-order chi connectivity index (χ0) is 23.3. The minimum atomic E-state index is -0.451. The van der Waals surface area contributed by atoms with E-state index in [2.05, 4.69) is 24.3 Å². The second-order valence-electron chi connectivity index (χ2n) is 10.7. The van der Waals surface area contributed by atoms with E-state index in [1.165, 1.54) is 25.0 Å². The summed E-state index contributed by atoms with van der Waals surface area (Å²) >= 11 is 0. The van der Waals surface area contributed by atoms with Gasteiger partial charge in [-0.25, -0.2) is 13.7 Å². The van der Waals surface area contributed by atoms with Crippen LogP contribution in [-0.2, 0) is 17.6 Å². The maximum Gasteiger partial charge on any atom is 0.368 e. The predicted octanol–water partition coefficient (Wildman–Crippen LogP) is 4.27. The predicted molar refractivity (Wildman–Crippen MR) is 122 cm³/mol. The molecule has 3 aliphatic rings. The highest BCUT2D eigenvalue weighted by Crippen LogP contribution is 2.38. The lowest BCUT2D eigenvalue weighted by Crippen LogP contribution is -2.72. The fourth-order valence-corrected chi connectivity index (χ4v) is 6.17. The SMILES string of the molecule is CC(C)CC1C(=O)NC(C2CCCC2)C[N+]1(C)C(=O)c1noc2c1CCc1cc(F)ccc1-2. The van der Waals surface area contributed by atoms with Crippen LogP contribution in [-0.4, -0.2) is 47.1 Å². The number of likely N-dealkylation sites (N-methyl/N-ethyl adjacent to an activating group) is 1. The van der Waals surface area contributed by atoms with Crippen LogP contribution in [0.15, 0.2) is 22.7 Å². The van der Waals surface area contributed by atoms with E-state index in [0.29, 0.717) is 43.2 Å². The third-order valence-corrected chi connectivity index (χ3v) is 7.97. The molecule has 5 rings (SSSR count). The molecular formula is C26H33FN3O3+. The van der Waals surface area contributed by atoms with Crippen LogP contribution in [0.5, 0.6) is 0 Å². The van der Waals surface area contributed by atoms with Crippen molar-refractivity contribution in [2.24, 2.45) is 11.8 Å². The number of carbonyl (C=O) groups is 2. The summed E-state index contributed by atoms with van der Waals surface area (Å²) in [6, 6.07) is 4.18. The van der Waals surface area contributed by atoms with Crippen molar-refractivity contribution in [2.45, 2.75) is 70.9 Å². The van der Waals surface area contributed by atoms with Gasteiger partial charge in [-0.15, -0.1) is 0 Å². The Hall–Kier alpha value is -2.54. The maximum absolute atomic E-state index is 14.1. The summed E-state index contributed by atoms with van der Waals surface area (Å²) in [5.74, 6) is 0.810. The Bertz CT molecular complexity index is 1090. The average Bonchev–Trinajstić information content (AvgIpc) is 3.45. The summed E-state index contributed by atoms with van der Waals surface area (Å²) in [7, 11) is 1.91. The molecule has 2 fully saturated rings. The normalized spacial score (nSPS) is 27.4. The Kier molecular flexibility index (Phi) is 5.63. The fourth-order valence-electron chi connectivity index (χ4n) is 6.17. The molecule has 1 saturated heterocycles. The second-order valence-corrected chi connectivity index (χ2v) is 10.7. The summed E-state index contributed by atoms with van der Waals surface area (Å²) in [6.45, 7) is 4.74. The molecule has 1 aromatic carbocycles. The molecule has 0 radical (unpaired) electrons. The fraction of sp³-hybridized carbons (Fsp3) is 0.577. The Morgan fingerprint density at radius 2 is 2.03 bits per heavy atom. The smallest absolute Gasteiger partial charge is 0.355 e. The third kappa shape index (κ3) is 3.80. The quantitative estimate of drug-likeness (QED) is 0.701. The van der Waals surface area contributed by atoms with Gasteiger partial charge in [0.1, 0.15) is 12.4 Å². The van der Waals surface area contributed by atoms with Crippen LogP contribution in [0.2, 0.25) is 0 Å². The van der Waals surface area contributed by atoms with Crippen molar-refractivity contribution in [3.63, 3.8) is 0 Å². The zero-order valence-electron chi connectivity index (χ0n) is 19.7. The van der Waals surface area contributed by atoms with Gasteiger partial charge in [-0.1, -0.05) is 31.8 Å². The van der Waals surface area contributed by atoms with Crippen LogP contribution in [0, 0.1) is 17.7 Å². The van der Waals surface area contributed by atoms with Gasteiger partial charge in [-0.3, -0.25) is 4.79 Å². The number of aryl methyl sites for hydroxylation is 1. The van der Waals surface area contributed by atoms with E-state index in [-0.39, 0.29) is 34.1 Å². The highest BCUT2D eigenvalue weighted by molar-refractivity contribution is 5.94. The highest BCUT2D eigenvalue weighted by Gasteiger charge is 2.53. The summed E-state index contributed by atoms with van der Waals surface area (Å²) < 4.78 is 19.4. The molecule has 2 aromatic rings. The number of carbonyl (C=O) groups excluding carboxylic acids is 2. The summed E-state index contributed by atoms with van der Waals surface area (Å²) in [6.07, 6.45) is 6.40. The molecule has 1 N–H and O–H groups in total. The van der Waals surface area contributed by atoms with Gasteiger partial charge in [0.25, 0.3) is 5.91 Å². The van der Waals surface area contributed by atoms with Crippen molar-refractivity contribution in [1.82, 2.24) is 10.5 Å². The summed E-state index contributed by atoms with van der Waals surface area (Å²) in [4.78, 5) is 27.4. The number of nitrogens with zero attached hydrogens (tertiary/aromatic N) is 2. The lowest BCUT2D eigenvalue weighted by atomic mass is 9.87. The standard InChI is InChI=1S/C26H32FN3O3/c1-15(2)12-22-25(31)28-21(16-6-4-5-7-16)14-30(22,3)26(32)23-20-10-8-17-13-18(27)9-11-19(17)24(20)33-29-23/h9,11,13,15-16,21-22H,4-8,10,12,14H2,1-3H3/p+1. The number of benzene rings is 1. The molecule has 33 heavy (non-hydrogen) atoms. The van der Waals surface area contributed by atoms with E-state index in [4.69, 9.17) is 4.52 Å². The number of piperazine rings is 1. The number of rotatable bonds is 4. The van der Waals surface area contributed by atoms with E-state index in [1.807, 2.05) is 7.05 Å². The summed E-state index contributed by atoms with van der Waals surface area (Å²) in [5, 5.41) is 7.50. The average molecular weight is 455 g/mol. The van der Waals surface area contributed by atoms with Gasteiger partial charge >= 0.3 is 5.91 Å². The molecule has 7 heteroatoms. The third-order valence-electron chi connectivity index (χ3n) is 7.97. The van der Waals surface area contributed by atoms with Gasteiger partial charge in [-0.05, 0) is 61.3 Å². The van der Waals surface area contributed by atoms with Gasteiger partial charge in [0.2, 0.25) is 5.69 Å². The molecule has 1 aromatic heterocycles. The van der Waals surface area contributed by atoms with E-state index in [1.54, 1.807) is 6.07 Å². The molecule has 1 aliphatic heterocycles. The van der Waals surface area contributed by atoms with Gasteiger partial charge in [0, 0.05) is 17.5 Å². The van der Waals surface area contributed by atoms with Crippen LogP contribution in [0.3, 0.4) is 0 Å². The van der Waals surface area contributed by atoms with Gasteiger partial charge in [0.05, 0.1) is 13.1 Å². The van der Waals surface area contributed by atoms with E-state index in [9.17, 15) is 14.0 Å². The summed E-state index contributed by atoms with van der Waals surface area (Å²) in [5.41, 5.74) is 2.78. The Balaban J connectivity index is 1.52. The van der Waals surface area contributed by atoms with Crippen LogP contribution < -0.4 is 5.32 Å². The molecule has 6 nitrogen and oxygen atoms in total. The maximum atomic E-state index is 14.1. The molecule has 2 amide bonds. The molecule has 2 aliphatic carbocycles. The van der Waals surface area contributed by atoms with Crippen LogP contribution >= 0.6 is 0 Å². The second kappa shape index (κ2) is 8.35. The molecule has 176 valence electrons. The molecule has 3 unspecified atom stereocenters. The van der Waals surface area contributed by atoms with Crippen LogP contribution in [0.25, 0.3) is 11.3 Å². The van der Waals surface area contributed by atoms with Crippen molar-refractivity contribution < 1.29 is 23.0 Å². The van der Waals surface area contributed by atoms with Crippen molar-refractivity contribution in [1.29, 1.82) is 0 Å². The van der Waals surface area contributed by atoms with Crippen LogP contribution in [0.1, 0.15) is 67.6 Å². The first kappa shape index (κ1) is 22.3. The first-order valence-corrected chi connectivity index (χ1v) is 12.3. The Morgan fingerprint density at radius 1 is 1.27 bits per heavy atom. The number of fused-ring (bicyclic) bond motifs is 3. The molecule has 2 heterocycles. The monoisotopic (exact) mass is 454 g/mol. The number of aromatic nitrogens is 1. The number of quaternary nitrogens is 1. The first-order chi connectivity index (χ1) is 15.8. The van der Waals surface area contributed by atoms with Crippen molar-refractivity contribution in [2.75, 3.05) is 13.6 Å². The lowest BCUT2D eigenvalue weighted by Gasteiger charge is -2.46. The topological polar surface area (TPSA) is 72.2 Å². The van der Waals surface area contributed by atoms with E-state index < -0.39 is 6.04 Å². The molecule has 1 saturated carbocycles. The van der Waals surface area contributed by atoms with E-state index in [0.717, 1.165) is 29.5 Å². The number of amides is 2. The minimum Gasteiger partial charge on any atom is -0.355 e. The van der Waals surface area contributed by atoms with Crippen molar-refractivity contribution in [3.05, 3.63) is 40.8 Å². The number of nitrogens with one attached hydrogen (secondary N) is 1. The zero-order valence-corrected chi connectivity index (χ0v) is 19.7. The van der Waals surface area contributed by atoms with Crippen molar-refractivity contribution >= 4 is 11.8 Å². The van der Waals surface area contributed by atoms with Gasteiger partial charge < -0.3 is 9.84 Å². The molecule has 3 atom stereocenters. The number of hydrogen-bond donors (Lipinski definition) is 1. The molecular weight excluding hydrogens is 421 g/mol. The minimum absolute atomic E-state index is 0.00351. The van der Waals surface area contributed by atoms with Gasteiger partial charge in [-0.2, -0.15) is 0 Å². The largest absolute Gasteiger partial charge is 0.368 e. The molecule has 0 bridgehead atoms. The number of hydrogen-bond acceptors (Lipinski definition) is 4. The highest BCUT2D eigenvalue weighted by atomic mass is 19.1. The first-order valence-electron chi connectivity index (χ1n) is 12.3. The Morgan fingerprint density at radius 3 is 2.76 bits per heavy atom. The molecule has 0 spiro atoms. The van der Waals surface area contributed by atoms with E-state index >= 15 is 0 Å². The lowest BCUT2D eigenvalue weighted by molar-refractivity contribution is -0.851. The van der Waals surface area contributed by atoms with Gasteiger partial charge in [0.15, 0.2) is 11.8 Å². The Labute approximate surface area is 194 Å². The van der Waals surface area contributed by atoms with Crippen molar-refractivity contribution in [3.8, 4) is 11.3 Å². The van der Waals surface area contributed by atoms with Crippen LogP contribution in [0.4, 0.5) is 4.39 Å². The number of halogens is 1.